The Morgan fingerprint density at radius 1 is 1.21 bits per heavy atom. The largest absolute Gasteiger partial charge is 0.496 e. The summed E-state index contributed by atoms with van der Waals surface area (Å²) in [6.45, 7) is 0.538. The molecular weight excluding hydrogens is 307 g/mol. The van der Waals surface area contributed by atoms with Crippen LogP contribution in [0.4, 0.5) is 4.39 Å². The number of halogens is 1. The van der Waals surface area contributed by atoms with E-state index in [0.717, 1.165) is 36.3 Å². The first kappa shape index (κ1) is 16.2. The highest BCUT2D eigenvalue weighted by molar-refractivity contribution is 5.97. The Labute approximate surface area is 140 Å². The maximum atomic E-state index is 13.3. The maximum absolute atomic E-state index is 13.3. The van der Waals surface area contributed by atoms with Gasteiger partial charge in [-0.25, -0.2) is 9.40 Å². The molecule has 0 aromatic heterocycles. The summed E-state index contributed by atoms with van der Waals surface area (Å²) in [5, 5.41) is 5.82. The number of hydrazone groups is 1. The minimum atomic E-state index is -0.416. The molecule has 4 nitrogen and oxygen atoms in total. The minimum Gasteiger partial charge on any atom is -0.496 e. The molecule has 2 aromatic carbocycles. The van der Waals surface area contributed by atoms with E-state index < -0.39 is 5.82 Å². The molecule has 2 aromatic rings. The second kappa shape index (κ2) is 7.25. The van der Waals surface area contributed by atoms with Gasteiger partial charge in [-0.1, -0.05) is 24.3 Å². The molecule has 1 heterocycles. The number of rotatable bonds is 5. The number of methoxy groups -OCH3 is 1. The number of carbonyl (C=O) groups is 1. The molecule has 124 valence electrons. The molecule has 0 fully saturated rings. The molecule has 1 aliphatic heterocycles. The van der Waals surface area contributed by atoms with Crippen molar-refractivity contribution in [3.05, 3.63) is 65.5 Å². The molecule has 0 N–H and O–H groups in total. The van der Waals surface area contributed by atoms with E-state index in [1.54, 1.807) is 13.2 Å². The highest BCUT2D eigenvalue weighted by Gasteiger charge is 2.22. The molecule has 1 amide bonds. The van der Waals surface area contributed by atoms with E-state index in [0.29, 0.717) is 12.1 Å². The van der Waals surface area contributed by atoms with E-state index in [4.69, 9.17) is 4.74 Å². The molecule has 3 rings (SSSR count). The minimum absolute atomic E-state index is 0.262. The van der Waals surface area contributed by atoms with E-state index in [1.165, 1.54) is 23.2 Å². The first-order valence-electron chi connectivity index (χ1n) is 7.93. The van der Waals surface area contributed by atoms with Crippen LogP contribution in [-0.4, -0.2) is 30.3 Å². The maximum Gasteiger partial charge on any atom is 0.274 e. The number of amides is 1. The Kier molecular flexibility index (Phi) is 4.89. The van der Waals surface area contributed by atoms with Crippen LogP contribution in [0, 0.1) is 5.82 Å². The van der Waals surface area contributed by atoms with Gasteiger partial charge in [-0.2, -0.15) is 5.10 Å². The third-order valence-electron chi connectivity index (χ3n) is 4.06. The molecule has 0 aliphatic carbocycles. The fraction of sp³-hybridized carbons (Fsp3) is 0.263. The van der Waals surface area contributed by atoms with E-state index in [9.17, 15) is 9.18 Å². The van der Waals surface area contributed by atoms with Crippen LogP contribution >= 0.6 is 0 Å². The highest BCUT2D eigenvalue weighted by atomic mass is 19.1. The molecule has 24 heavy (non-hydrogen) atoms. The average Bonchev–Trinajstić information content (AvgIpc) is 3.08. The number of aryl methyl sites for hydroxylation is 1. The predicted octanol–water partition coefficient (Wildman–Crippen LogP) is 3.67. The van der Waals surface area contributed by atoms with Crippen LogP contribution in [0.5, 0.6) is 5.75 Å². The quantitative estimate of drug-likeness (QED) is 0.841. The number of ether oxygens (including phenoxy) is 1. The summed E-state index contributed by atoms with van der Waals surface area (Å²) in [7, 11) is 1.66. The normalized spacial score (nSPS) is 13.8. The van der Waals surface area contributed by atoms with Gasteiger partial charge >= 0.3 is 0 Å². The lowest BCUT2D eigenvalue weighted by atomic mass is 10.1. The zero-order chi connectivity index (χ0) is 16.9. The summed E-state index contributed by atoms with van der Waals surface area (Å²) in [6.07, 6.45) is 2.33. The summed E-state index contributed by atoms with van der Waals surface area (Å²) in [5.74, 6) is 0.186. The van der Waals surface area contributed by atoms with Crippen molar-refractivity contribution >= 4 is 11.6 Å². The van der Waals surface area contributed by atoms with Crippen LogP contribution in [0.2, 0.25) is 0 Å². The summed E-state index contributed by atoms with van der Waals surface area (Å²) in [6, 6.07) is 13.6. The van der Waals surface area contributed by atoms with Gasteiger partial charge in [0, 0.05) is 17.7 Å². The fourth-order valence-electron chi connectivity index (χ4n) is 2.79. The van der Waals surface area contributed by atoms with Crippen molar-refractivity contribution < 1.29 is 13.9 Å². The van der Waals surface area contributed by atoms with Gasteiger partial charge in [0.05, 0.1) is 13.7 Å². The van der Waals surface area contributed by atoms with Gasteiger partial charge in [0.25, 0.3) is 5.91 Å². The molecule has 1 aliphatic rings. The van der Waals surface area contributed by atoms with Crippen molar-refractivity contribution in [3.8, 4) is 5.75 Å². The van der Waals surface area contributed by atoms with E-state index in [2.05, 4.69) is 5.10 Å². The molecule has 0 spiro atoms. The lowest BCUT2D eigenvalue weighted by molar-refractivity contribution is 0.0777. The fourth-order valence-corrected chi connectivity index (χ4v) is 2.79. The van der Waals surface area contributed by atoms with Gasteiger partial charge in [0.1, 0.15) is 11.6 Å². The van der Waals surface area contributed by atoms with Crippen LogP contribution in [0.3, 0.4) is 0 Å². The predicted molar refractivity (Wildman–Crippen MR) is 90.8 cm³/mol. The Morgan fingerprint density at radius 2 is 2.04 bits per heavy atom. The van der Waals surface area contributed by atoms with Gasteiger partial charge in [-0.15, -0.1) is 0 Å². The van der Waals surface area contributed by atoms with E-state index >= 15 is 0 Å². The van der Waals surface area contributed by atoms with Crippen LogP contribution < -0.4 is 4.74 Å². The molecule has 0 saturated carbocycles. The Bertz CT molecular complexity index is 773. The first-order valence-corrected chi connectivity index (χ1v) is 7.93. The number of hydrogen-bond acceptors (Lipinski definition) is 3. The van der Waals surface area contributed by atoms with Crippen molar-refractivity contribution in [2.24, 2.45) is 5.10 Å². The smallest absolute Gasteiger partial charge is 0.274 e. The van der Waals surface area contributed by atoms with Crippen LogP contribution in [0.25, 0.3) is 0 Å². The van der Waals surface area contributed by atoms with Crippen molar-refractivity contribution in [3.63, 3.8) is 0 Å². The van der Waals surface area contributed by atoms with Crippen LogP contribution in [0.15, 0.2) is 53.6 Å². The standard InChI is InChI=1S/C19H19FN2O2/c1-24-18-8-3-2-5-14(18)9-10-17-11-12-22(21-17)19(23)15-6-4-7-16(20)13-15/h2-8,13H,9-12H2,1H3. The lowest BCUT2D eigenvalue weighted by Crippen LogP contribution is -2.23. The van der Waals surface area contributed by atoms with E-state index in [1.807, 2.05) is 24.3 Å². The molecule has 0 bridgehead atoms. The Balaban J connectivity index is 1.64. The van der Waals surface area contributed by atoms with Gasteiger partial charge < -0.3 is 4.74 Å². The lowest BCUT2D eigenvalue weighted by Gasteiger charge is -2.11. The summed E-state index contributed by atoms with van der Waals surface area (Å²) in [5.41, 5.74) is 2.42. The Morgan fingerprint density at radius 3 is 2.83 bits per heavy atom. The number of nitrogens with zero attached hydrogens (tertiary/aromatic N) is 2. The van der Waals surface area contributed by atoms with Crippen molar-refractivity contribution in [2.45, 2.75) is 19.3 Å². The molecule has 0 saturated heterocycles. The second-order valence-corrected chi connectivity index (χ2v) is 5.67. The van der Waals surface area contributed by atoms with Gasteiger partial charge in [0.15, 0.2) is 0 Å². The molecule has 0 radical (unpaired) electrons. The van der Waals surface area contributed by atoms with Crippen LogP contribution in [0.1, 0.15) is 28.8 Å². The average molecular weight is 326 g/mol. The summed E-state index contributed by atoms with van der Waals surface area (Å²) >= 11 is 0. The van der Waals surface area contributed by atoms with Crippen molar-refractivity contribution in [1.29, 1.82) is 0 Å². The third kappa shape index (κ3) is 3.62. The summed E-state index contributed by atoms with van der Waals surface area (Å²) < 4.78 is 18.6. The zero-order valence-electron chi connectivity index (χ0n) is 13.5. The molecule has 0 unspecified atom stereocenters. The van der Waals surface area contributed by atoms with Gasteiger partial charge in [0.2, 0.25) is 0 Å². The number of para-hydroxylation sites is 1. The van der Waals surface area contributed by atoms with Gasteiger partial charge in [-0.05, 0) is 42.7 Å². The summed E-state index contributed by atoms with van der Waals surface area (Å²) in [4.78, 5) is 12.4. The second-order valence-electron chi connectivity index (χ2n) is 5.67. The number of hydrogen-bond donors (Lipinski definition) is 0. The monoisotopic (exact) mass is 326 g/mol. The number of benzene rings is 2. The third-order valence-corrected chi connectivity index (χ3v) is 4.06. The zero-order valence-corrected chi connectivity index (χ0v) is 13.5. The number of carbonyl (C=O) groups excluding carboxylic acids is 1. The topological polar surface area (TPSA) is 41.9 Å². The Hall–Kier alpha value is -2.69. The first-order chi connectivity index (χ1) is 11.7. The highest BCUT2D eigenvalue weighted by Crippen LogP contribution is 2.21. The molecular formula is C19H19FN2O2. The molecule has 0 atom stereocenters. The SMILES string of the molecule is COc1ccccc1CCC1=NN(C(=O)c2cccc(F)c2)CC1. The van der Waals surface area contributed by atoms with Crippen molar-refractivity contribution in [2.75, 3.05) is 13.7 Å². The van der Waals surface area contributed by atoms with E-state index in [-0.39, 0.29) is 5.91 Å². The molecule has 5 heteroatoms. The van der Waals surface area contributed by atoms with Crippen LogP contribution in [-0.2, 0) is 6.42 Å². The van der Waals surface area contributed by atoms with Gasteiger partial charge in [-0.3, -0.25) is 4.79 Å². The van der Waals surface area contributed by atoms with Crippen molar-refractivity contribution in [1.82, 2.24) is 5.01 Å².